The van der Waals surface area contributed by atoms with E-state index in [1.807, 2.05) is 26.0 Å². The van der Waals surface area contributed by atoms with Crippen molar-refractivity contribution in [3.63, 3.8) is 0 Å². The molecule has 2 N–H and O–H groups in total. The molecule has 0 bridgehead atoms. The molecule has 2 aromatic rings. The normalized spacial score (nSPS) is 9.84. The number of rotatable bonds is 2. The Kier molecular flexibility index (Phi) is 17.4. The van der Waals surface area contributed by atoms with Crippen LogP contribution in [0.15, 0.2) is 54.9 Å². The van der Waals surface area contributed by atoms with Crippen LogP contribution in [0.2, 0.25) is 0 Å². The van der Waals surface area contributed by atoms with Gasteiger partial charge in [0.1, 0.15) is 0 Å². The van der Waals surface area contributed by atoms with Crippen molar-refractivity contribution in [2.75, 3.05) is 5.75 Å². The number of halogens is 1. The number of hydrogen-bond acceptors (Lipinski definition) is 2. The summed E-state index contributed by atoms with van der Waals surface area (Å²) in [7, 11) is 0. The van der Waals surface area contributed by atoms with Crippen molar-refractivity contribution in [3.8, 4) is 12.3 Å². The molecule has 0 radical (unpaired) electrons. The fourth-order valence-electron chi connectivity index (χ4n) is 1.79. The first-order chi connectivity index (χ1) is 11.8. The first kappa shape index (κ1) is 25.5. The van der Waals surface area contributed by atoms with Crippen molar-refractivity contribution >= 4 is 23.4 Å². The molecular formula is C22H32FNS. The second-order valence-electron chi connectivity index (χ2n) is 5.30. The predicted molar refractivity (Wildman–Crippen MR) is 116 cm³/mol. The zero-order valence-electron chi connectivity index (χ0n) is 15.9. The highest BCUT2D eigenvalue weighted by Gasteiger charge is 2.02. The van der Waals surface area contributed by atoms with E-state index in [2.05, 4.69) is 62.4 Å². The number of nitrogens with two attached hydrogens (primary N) is 1. The second-order valence-corrected chi connectivity index (χ2v) is 5.94. The predicted octanol–water partition coefficient (Wildman–Crippen LogP) is 6.70. The van der Waals surface area contributed by atoms with E-state index in [1.165, 1.54) is 23.3 Å². The third kappa shape index (κ3) is 14.3. The Morgan fingerprint density at radius 3 is 2.12 bits per heavy atom. The van der Waals surface area contributed by atoms with Gasteiger partial charge in [-0.05, 0) is 42.4 Å². The molecule has 0 heterocycles. The van der Waals surface area contributed by atoms with Crippen LogP contribution < -0.4 is 5.73 Å². The van der Waals surface area contributed by atoms with Crippen LogP contribution in [0.25, 0.3) is 10.8 Å². The minimum absolute atomic E-state index is 0.103. The fourth-order valence-corrected chi connectivity index (χ4v) is 1.79. The lowest BCUT2D eigenvalue weighted by Gasteiger charge is -2.09. The van der Waals surface area contributed by atoms with Gasteiger partial charge in [0.05, 0.1) is 5.83 Å². The molecule has 0 aliphatic rings. The van der Waals surface area contributed by atoms with Gasteiger partial charge >= 0.3 is 0 Å². The quantitative estimate of drug-likeness (QED) is 0.451. The van der Waals surface area contributed by atoms with Gasteiger partial charge < -0.3 is 5.73 Å². The van der Waals surface area contributed by atoms with E-state index in [0.29, 0.717) is 0 Å². The molecule has 0 fully saturated rings. The SMILES string of the molecule is C#CCCC.C=C(C)F.CC(N)c1cccc2ccccc12.CCS. The van der Waals surface area contributed by atoms with Crippen molar-refractivity contribution in [1.82, 2.24) is 0 Å². The topological polar surface area (TPSA) is 26.0 Å². The van der Waals surface area contributed by atoms with Crippen molar-refractivity contribution in [1.29, 1.82) is 0 Å². The Balaban J connectivity index is 0. The smallest absolute Gasteiger partial charge is 0.0897 e. The van der Waals surface area contributed by atoms with E-state index in [1.54, 1.807) is 0 Å². The molecular weight excluding hydrogens is 329 g/mol. The maximum atomic E-state index is 10.8. The molecule has 0 spiro atoms. The molecule has 0 saturated carbocycles. The molecule has 0 aliphatic carbocycles. The van der Waals surface area contributed by atoms with E-state index >= 15 is 0 Å². The average molecular weight is 362 g/mol. The maximum Gasteiger partial charge on any atom is 0.0897 e. The monoisotopic (exact) mass is 361 g/mol. The molecule has 2 rings (SSSR count). The van der Waals surface area contributed by atoms with E-state index < -0.39 is 0 Å². The van der Waals surface area contributed by atoms with Crippen molar-refractivity contribution in [2.45, 2.75) is 46.6 Å². The summed E-state index contributed by atoms with van der Waals surface area (Å²) in [5.74, 6) is 3.13. The lowest BCUT2D eigenvalue weighted by atomic mass is 10.0. The van der Waals surface area contributed by atoms with Crippen molar-refractivity contribution < 1.29 is 4.39 Å². The zero-order valence-corrected chi connectivity index (χ0v) is 16.8. The fraction of sp³-hybridized carbons (Fsp3) is 0.364. The van der Waals surface area contributed by atoms with Gasteiger partial charge in [0.25, 0.3) is 0 Å². The third-order valence-corrected chi connectivity index (χ3v) is 2.71. The lowest BCUT2D eigenvalue weighted by Crippen LogP contribution is -2.05. The van der Waals surface area contributed by atoms with Gasteiger partial charge in [0, 0.05) is 12.5 Å². The summed E-state index contributed by atoms with van der Waals surface area (Å²) in [5, 5.41) is 2.53. The molecule has 2 aromatic carbocycles. The number of benzene rings is 2. The first-order valence-electron chi connectivity index (χ1n) is 8.44. The average Bonchev–Trinajstić information content (AvgIpc) is 2.56. The lowest BCUT2D eigenvalue weighted by molar-refractivity contribution is 0.645. The van der Waals surface area contributed by atoms with Gasteiger partial charge in [-0.25, -0.2) is 4.39 Å². The summed E-state index contributed by atoms with van der Waals surface area (Å²) in [4.78, 5) is 0. The number of terminal acetylenes is 1. The second kappa shape index (κ2) is 17.1. The van der Waals surface area contributed by atoms with E-state index in [9.17, 15) is 4.39 Å². The van der Waals surface area contributed by atoms with Gasteiger partial charge in [0.15, 0.2) is 0 Å². The van der Waals surface area contributed by atoms with Crippen molar-refractivity contribution in [3.05, 3.63) is 60.4 Å². The van der Waals surface area contributed by atoms with Crippen LogP contribution in [0.3, 0.4) is 0 Å². The molecule has 0 aromatic heterocycles. The Bertz CT molecular complexity index is 620. The first-order valence-corrected chi connectivity index (χ1v) is 9.07. The Morgan fingerprint density at radius 2 is 1.72 bits per heavy atom. The van der Waals surface area contributed by atoms with Crippen LogP contribution in [0, 0.1) is 12.3 Å². The van der Waals surface area contributed by atoms with E-state index in [0.717, 1.165) is 18.6 Å². The molecule has 0 saturated heterocycles. The summed E-state index contributed by atoms with van der Waals surface area (Å²) in [6.45, 7) is 10.3. The Hall–Kier alpha value is -1.76. The minimum atomic E-state index is -0.333. The number of thiol groups is 1. The molecule has 3 heteroatoms. The molecule has 1 atom stereocenters. The molecule has 25 heavy (non-hydrogen) atoms. The van der Waals surface area contributed by atoms with Crippen LogP contribution >= 0.6 is 12.6 Å². The number of allylic oxidation sites excluding steroid dienone is 1. The number of unbranched alkanes of at least 4 members (excludes halogenated alkanes) is 1. The van der Waals surface area contributed by atoms with Gasteiger partial charge in [-0.1, -0.05) is 62.9 Å². The number of hydrogen-bond donors (Lipinski definition) is 2. The molecule has 0 aliphatic heterocycles. The largest absolute Gasteiger partial charge is 0.324 e. The van der Waals surface area contributed by atoms with Gasteiger partial charge in [-0.3, -0.25) is 0 Å². The molecule has 1 nitrogen and oxygen atoms in total. The summed E-state index contributed by atoms with van der Waals surface area (Å²) in [6.07, 6.45) is 6.91. The Morgan fingerprint density at radius 1 is 1.24 bits per heavy atom. The standard InChI is InChI=1S/C12H13N.C5H8.C3H5F.C2H6S/c1-9(13)11-8-4-6-10-5-2-3-7-12(10)11;1-3-5-4-2;1-3(2)4;1-2-3/h2-9H,13H2,1H3;1H,4-5H2,2H3;1H2,2H3;3H,2H2,1H3. The number of fused-ring (bicyclic) bond motifs is 1. The Labute approximate surface area is 158 Å². The summed E-state index contributed by atoms with van der Waals surface area (Å²) < 4.78 is 10.8. The summed E-state index contributed by atoms with van der Waals surface area (Å²) in [5.41, 5.74) is 7.10. The van der Waals surface area contributed by atoms with Crippen LogP contribution in [-0.4, -0.2) is 5.75 Å². The van der Waals surface area contributed by atoms with Crippen LogP contribution in [0.4, 0.5) is 4.39 Å². The van der Waals surface area contributed by atoms with E-state index in [-0.39, 0.29) is 11.9 Å². The highest BCUT2D eigenvalue weighted by molar-refractivity contribution is 7.80. The van der Waals surface area contributed by atoms with E-state index in [4.69, 9.17) is 12.2 Å². The molecule has 138 valence electrons. The third-order valence-electron chi connectivity index (χ3n) is 2.71. The zero-order chi connectivity index (χ0) is 19.7. The summed E-state index contributed by atoms with van der Waals surface area (Å²) >= 11 is 3.79. The highest BCUT2D eigenvalue weighted by atomic mass is 32.1. The van der Waals surface area contributed by atoms with Gasteiger partial charge in [-0.15, -0.1) is 12.3 Å². The highest BCUT2D eigenvalue weighted by Crippen LogP contribution is 2.22. The van der Waals surface area contributed by atoms with Gasteiger partial charge in [0.2, 0.25) is 0 Å². The molecule has 1 unspecified atom stereocenters. The molecule has 0 amide bonds. The minimum Gasteiger partial charge on any atom is -0.324 e. The van der Waals surface area contributed by atoms with Crippen molar-refractivity contribution in [2.24, 2.45) is 5.73 Å². The maximum absolute atomic E-state index is 10.8. The van der Waals surface area contributed by atoms with Crippen LogP contribution in [0.1, 0.15) is 52.1 Å². The van der Waals surface area contributed by atoms with Gasteiger partial charge in [-0.2, -0.15) is 12.6 Å². The van der Waals surface area contributed by atoms with Crippen LogP contribution in [-0.2, 0) is 0 Å². The van der Waals surface area contributed by atoms with Crippen LogP contribution in [0.5, 0.6) is 0 Å². The summed E-state index contributed by atoms with van der Waals surface area (Å²) in [6, 6.07) is 14.7.